The fourth-order valence-electron chi connectivity index (χ4n) is 5.95. The van der Waals surface area contributed by atoms with Gasteiger partial charge in [0.25, 0.3) is 0 Å². The smallest absolute Gasteiger partial charge is 0.0455 e. The lowest BCUT2D eigenvalue weighted by Crippen LogP contribution is -2.47. The number of hydrogen-bond acceptors (Lipinski definition) is 2. The third-order valence-corrected chi connectivity index (χ3v) is 8.13. The minimum Gasteiger partial charge on any atom is -0.303 e. The topological polar surface area (TPSA) is 6.48 Å². The van der Waals surface area contributed by atoms with Crippen molar-refractivity contribution in [2.45, 2.75) is 69.7 Å². The average Bonchev–Trinajstić information content (AvgIpc) is 3.01. The van der Waals surface area contributed by atoms with Crippen LogP contribution in [0.3, 0.4) is 0 Å². The SMILES string of the molecule is CN(C)C1(c2ccccc2)CCC2(CCN(CCCC3CCC3)C2)CC1. The number of rotatable bonds is 6. The molecule has 2 heteroatoms. The molecular formula is C24H38N2. The Hall–Kier alpha value is -0.860. The molecule has 0 N–H and O–H groups in total. The van der Waals surface area contributed by atoms with Gasteiger partial charge in [0.05, 0.1) is 0 Å². The highest BCUT2D eigenvalue weighted by molar-refractivity contribution is 5.26. The van der Waals surface area contributed by atoms with Crippen LogP contribution in [0.5, 0.6) is 0 Å². The van der Waals surface area contributed by atoms with Crippen LogP contribution in [0.25, 0.3) is 0 Å². The molecule has 0 bridgehead atoms. The van der Waals surface area contributed by atoms with Gasteiger partial charge >= 0.3 is 0 Å². The lowest BCUT2D eigenvalue weighted by molar-refractivity contribution is 0.0380. The molecule has 0 amide bonds. The second-order valence-electron chi connectivity index (χ2n) is 9.76. The van der Waals surface area contributed by atoms with E-state index in [0.717, 1.165) is 5.92 Å². The second kappa shape index (κ2) is 7.64. The summed E-state index contributed by atoms with van der Waals surface area (Å²) in [7, 11) is 4.57. The van der Waals surface area contributed by atoms with Gasteiger partial charge < -0.3 is 4.90 Å². The van der Waals surface area contributed by atoms with Crippen molar-refractivity contribution in [1.29, 1.82) is 0 Å². The number of hydrogen-bond donors (Lipinski definition) is 0. The van der Waals surface area contributed by atoms with Crippen molar-refractivity contribution in [2.24, 2.45) is 11.3 Å². The van der Waals surface area contributed by atoms with Crippen molar-refractivity contribution in [3.05, 3.63) is 35.9 Å². The van der Waals surface area contributed by atoms with E-state index < -0.39 is 0 Å². The molecule has 2 aliphatic carbocycles. The van der Waals surface area contributed by atoms with Gasteiger partial charge in [0.15, 0.2) is 0 Å². The summed E-state index contributed by atoms with van der Waals surface area (Å²) in [6.45, 7) is 4.08. The fraction of sp³-hybridized carbons (Fsp3) is 0.750. The Morgan fingerprint density at radius 1 is 1.00 bits per heavy atom. The van der Waals surface area contributed by atoms with Crippen LogP contribution in [0.15, 0.2) is 30.3 Å². The maximum Gasteiger partial charge on any atom is 0.0455 e. The van der Waals surface area contributed by atoms with Crippen molar-refractivity contribution >= 4 is 0 Å². The Labute approximate surface area is 161 Å². The summed E-state index contributed by atoms with van der Waals surface area (Å²) in [5.74, 6) is 1.08. The summed E-state index contributed by atoms with van der Waals surface area (Å²) in [6, 6.07) is 11.3. The largest absolute Gasteiger partial charge is 0.303 e. The summed E-state index contributed by atoms with van der Waals surface area (Å²) in [5, 5.41) is 0. The first-order valence-corrected chi connectivity index (χ1v) is 11.1. The van der Waals surface area contributed by atoms with Crippen LogP contribution in [-0.4, -0.2) is 43.5 Å². The van der Waals surface area contributed by atoms with Crippen molar-refractivity contribution < 1.29 is 0 Å². The van der Waals surface area contributed by atoms with Crippen molar-refractivity contribution in [2.75, 3.05) is 33.7 Å². The molecule has 0 radical (unpaired) electrons. The van der Waals surface area contributed by atoms with Crippen LogP contribution in [0.4, 0.5) is 0 Å². The molecule has 0 aromatic heterocycles. The molecule has 2 nitrogen and oxygen atoms in total. The molecule has 3 aliphatic rings. The van der Waals surface area contributed by atoms with Crippen LogP contribution < -0.4 is 0 Å². The van der Waals surface area contributed by atoms with E-state index in [0.29, 0.717) is 5.41 Å². The minimum absolute atomic E-state index is 0.254. The van der Waals surface area contributed by atoms with Crippen molar-refractivity contribution in [3.63, 3.8) is 0 Å². The fourth-order valence-corrected chi connectivity index (χ4v) is 5.95. The Morgan fingerprint density at radius 3 is 2.35 bits per heavy atom. The number of benzene rings is 1. The summed E-state index contributed by atoms with van der Waals surface area (Å²) in [4.78, 5) is 5.30. The van der Waals surface area contributed by atoms with Crippen LogP contribution in [-0.2, 0) is 5.54 Å². The van der Waals surface area contributed by atoms with Crippen LogP contribution in [0.1, 0.15) is 69.8 Å². The molecule has 1 aromatic rings. The van der Waals surface area contributed by atoms with Gasteiger partial charge in [0.2, 0.25) is 0 Å². The molecule has 144 valence electrons. The highest BCUT2D eigenvalue weighted by Gasteiger charge is 2.47. The van der Waals surface area contributed by atoms with Gasteiger partial charge in [-0.25, -0.2) is 0 Å². The molecule has 1 heterocycles. The molecular weight excluding hydrogens is 316 g/mol. The molecule has 1 saturated heterocycles. The summed E-state index contributed by atoms with van der Waals surface area (Å²) < 4.78 is 0. The Morgan fingerprint density at radius 2 is 1.73 bits per heavy atom. The highest BCUT2D eigenvalue weighted by Crippen LogP contribution is 2.51. The van der Waals surface area contributed by atoms with E-state index in [1.807, 2.05) is 0 Å². The van der Waals surface area contributed by atoms with E-state index in [-0.39, 0.29) is 5.54 Å². The van der Waals surface area contributed by atoms with Gasteiger partial charge in [-0.3, -0.25) is 4.90 Å². The van der Waals surface area contributed by atoms with Gasteiger partial charge in [-0.2, -0.15) is 0 Å². The normalized spacial score (nSPS) is 33.0. The first kappa shape index (κ1) is 18.5. The maximum atomic E-state index is 2.80. The minimum atomic E-state index is 0.254. The van der Waals surface area contributed by atoms with E-state index in [9.17, 15) is 0 Å². The van der Waals surface area contributed by atoms with Gasteiger partial charge in [0.1, 0.15) is 0 Å². The van der Waals surface area contributed by atoms with Gasteiger partial charge in [-0.05, 0) is 89.0 Å². The molecule has 3 fully saturated rings. The molecule has 1 aliphatic heterocycles. The highest BCUT2D eigenvalue weighted by atomic mass is 15.2. The Bertz CT molecular complexity index is 567. The van der Waals surface area contributed by atoms with E-state index in [2.05, 4.69) is 54.2 Å². The Kier molecular flexibility index (Phi) is 5.43. The number of likely N-dealkylation sites (tertiary alicyclic amines) is 1. The molecule has 0 atom stereocenters. The van der Waals surface area contributed by atoms with Gasteiger partial charge in [-0.15, -0.1) is 0 Å². The lowest BCUT2D eigenvalue weighted by atomic mass is 9.64. The van der Waals surface area contributed by atoms with Crippen LogP contribution >= 0.6 is 0 Å². The first-order chi connectivity index (χ1) is 12.6. The van der Waals surface area contributed by atoms with E-state index >= 15 is 0 Å². The molecule has 0 unspecified atom stereocenters. The average molecular weight is 355 g/mol. The molecule has 26 heavy (non-hydrogen) atoms. The van der Waals surface area contributed by atoms with Crippen molar-refractivity contribution in [1.82, 2.24) is 9.80 Å². The maximum absolute atomic E-state index is 2.80. The molecule has 1 spiro atoms. The third-order valence-electron chi connectivity index (χ3n) is 8.13. The zero-order valence-electron chi connectivity index (χ0n) is 17.1. The second-order valence-corrected chi connectivity index (χ2v) is 9.76. The summed E-state index contributed by atoms with van der Waals surface area (Å²) in [6.07, 6.45) is 14.3. The van der Waals surface area contributed by atoms with E-state index in [1.54, 1.807) is 0 Å². The summed E-state index contributed by atoms with van der Waals surface area (Å²) in [5.41, 5.74) is 2.39. The van der Waals surface area contributed by atoms with Gasteiger partial charge in [0, 0.05) is 12.1 Å². The first-order valence-electron chi connectivity index (χ1n) is 11.1. The lowest BCUT2D eigenvalue weighted by Gasteiger charge is -2.49. The standard InChI is InChI=1S/C24H38N2/c1-25(2)24(22-11-4-3-5-12-22)15-13-23(14-16-24)17-19-26(20-23)18-7-10-21-8-6-9-21/h3-5,11-12,21H,6-10,13-20H2,1-2H3. The zero-order valence-corrected chi connectivity index (χ0v) is 17.1. The van der Waals surface area contributed by atoms with Crippen LogP contribution in [0.2, 0.25) is 0 Å². The predicted molar refractivity (Wildman–Crippen MR) is 110 cm³/mol. The molecule has 1 aromatic carbocycles. The van der Waals surface area contributed by atoms with Crippen molar-refractivity contribution in [3.8, 4) is 0 Å². The third kappa shape index (κ3) is 3.60. The summed E-state index contributed by atoms with van der Waals surface area (Å²) >= 11 is 0. The monoisotopic (exact) mass is 354 g/mol. The predicted octanol–water partition coefficient (Wildman–Crippen LogP) is 5.29. The van der Waals surface area contributed by atoms with E-state index in [1.165, 1.54) is 89.4 Å². The van der Waals surface area contributed by atoms with Gasteiger partial charge in [-0.1, -0.05) is 49.6 Å². The number of nitrogens with zero attached hydrogens (tertiary/aromatic N) is 2. The molecule has 2 saturated carbocycles. The molecule has 4 rings (SSSR count). The Balaban J connectivity index is 1.33. The van der Waals surface area contributed by atoms with Crippen LogP contribution in [0, 0.1) is 11.3 Å². The quantitative estimate of drug-likeness (QED) is 0.685. The van der Waals surface area contributed by atoms with E-state index in [4.69, 9.17) is 0 Å². The zero-order chi connectivity index (χ0) is 18.0.